The van der Waals surface area contributed by atoms with Gasteiger partial charge in [-0.1, -0.05) is 30.3 Å². The summed E-state index contributed by atoms with van der Waals surface area (Å²) in [5.41, 5.74) is 0.758. The van der Waals surface area contributed by atoms with Crippen LogP contribution in [0.4, 0.5) is 11.9 Å². The third kappa shape index (κ3) is 3.58. The van der Waals surface area contributed by atoms with E-state index in [1.54, 1.807) is 0 Å². The monoisotopic (exact) mass is 271 g/mol. The Morgan fingerprint density at radius 2 is 1.35 bits per heavy atom. The van der Waals surface area contributed by atoms with Crippen LogP contribution in [0.25, 0.3) is 11.4 Å². The fourth-order valence-electron chi connectivity index (χ4n) is 1.52. The molecule has 0 fully saturated rings. The van der Waals surface area contributed by atoms with Crippen LogP contribution in [0.5, 0.6) is 0 Å². The number of hydrogen-bond acceptors (Lipinski definition) is 5. The second kappa shape index (κ2) is 5.87. The van der Waals surface area contributed by atoms with E-state index in [0.717, 1.165) is 5.56 Å². The van der Waals surface area contributed by atoms with Gasteiger partial charge in [-0.25, -0.2) is 0 Å². The molecule has 0 aliphatic carbocycles. The van der Waals surface area contributed by atoms with Crippen molar-refractivity contribution in [3.8, 4) is 11.4 Å². The molecule has 1 heterocycles. The van der Waals surface area contributed by atoms with Gasteiger partial charge >= 0.3 is 0 Å². The van der Waals surface area contributed by atoms with E-state index in [1.807, 2.05) is 30.3 Å². The molecule has 7 heteroatoms. The molecule has 102 valence electrons. The molecule has 0 aliphatic rings. The van der Waals surface area contributed by atoms with Crippen LogP contribution in [0, 0.1) is 0 Å². The number of carbonyl (C=O) groups excluding carboxylic acids is 2. The number of carbonyl (C=O) groups is 2. The minimum Gasteiger partial charge on any atom is -0.295 e. The zero-order chi connectivity index (χ0) is 14.5. The molecule has 0 atom stereocenters. The summed E-state index contributed by atoms with van der Waals surface area (Å²) in [6.07, 6.45) is 0. The summed E-state index contributed by atoms with van der Waals surface area (Å²) in [6, 6.07) is 9.20. The average molecular weight is 271 g/mol. The number of benzene rings is 1. The first kappa shape index (κ1) is 13.6. The van der Waals surface area contributed by atoms with Crippen molar-refractivity contribution in [1.82, 2.24) is 15.0 Å². The molecule has 0 saturated heterocycles. The van der Waals surface area contributed by atoms with Crippen LogP contribution in [0.2, 0.25) is 0 Å². The fraction of sp³-hybridized carbons (Fsp3) is 0.154. The summed E-state index contributed by atoms with van der Waals surface area (Å²) < 4.78 is 0. The number of aromatic nitrogens is 3. The summed E-state index contributed by atoms with van der Waals surface area (Å²) in [4.78, 5) is 34.4. The summed E-state index contributed by atoms with van der Waals surface area (Å²) in [5.74, 6) is -0.0497. The lowest BCUT2D eigenvalue weighted by Gasteiger charge is -2.07. The maximum atomic E-state index is 11.1. The van der Waals surface area contributed by atoms with Crippen LogP contribution in [0.1, 0.15) is 13.8 Å². The Morgan fingerprint density at radius 1 is 0.850 bits per heavy atom. The molecule has 20 heavy (non-hydrogen) atoms. The standard InChI is InChI=1S/C13H13N5O2/c1-8(19)14-12-16-11(10-6-4-3-5-7-10)17-13(18-12)15-9(2)20/h3-7H,1-2H3,(H2,14,15,16,17,18,19,20). The summed E-state index contributed by atoms with van der Waals surface area (Å²) >= 11 is 0. The zero-order valence-corrected chi connectivity index (χ0v) is 11.0. The Morgan fingerprint density at radius 3 is 1.80 bits per heavy atom. The van der Waals surface area contributed by atoms with Crippen LogP contribution in [-0.4, -0.2) is 26.8 Å². The largest absolute Gasteiger partial charge is 0.295 e. The van der Waals surface area contributed by atoms with Gasteiger partial charge < -0.3 is 0 Å². The lowest BCUT2D eigenvalue weighted by atomic mass is 10.2. The second-order valence-corrected chi connectivity index (χ2v) is 4.03. The van der Waals surface area contributed by atoms with Crippen molar-refractivity contribution in [3.63, 3.8) is 0 Å². The van der Waals surface area contributed by atoms with Crippen molar-refractivity contribution < 1.29 is 9.59 Å². The number of amides is 2. The lowest BCUT2D eigenvalue weighted by Crippen LogP contribution is -2.15. The minimum absolute atomic E-state index is 0.0927. The molecule has 1 aromatic heterocycles. The Labute approximate surface area is 115 Å². The number of hydrogen-bond donors (Lipinski definition) is 2. The third-order valence-corrected chi connectivity index (χ3v) is 2.24. The van der Waals surface area contributed by atoms with Gasteiger partial charge in [-0.2, -0.15) is 15.0 Å². The molecule has 1 aromatic carbocycles. The van der Waals surface area contributed by atoms with Crippen molar-refractivity contribution in [2.24, 2.45) is 0 Å². The van der Waals surface area contributed by atoms with Crippen LogP contribution >= 0.6 is 0 Å². The summed E-state index contributed by atoms with van der Waals surface area (Å²) in [7, 11) is 0. The van der Waals surface area contributed by atoms with Crippen LogP contribution in [0.3, 0.4) is 0 Å². The second-order valence-electron chi connectivity index (χ2n) is 4.03. The molecule has 2 aromatic rings. The summed E-state index contributed by atoms with van der Waals surface area (Å²) in [5, 5.41) is 4.95. The maximum absolute atomic E-state index is 11.1. The van der Waals surface area contributed by atoms with E-state index in [4.69, 9.17) is 0 Å². The van der Waals surface area contributed by atoms with E-state index in [1.165, 1.54) is 13.8 Å². The number of anilines is 2. The predicted molar refractivity (Wildman–Crippen MR) is 73.9 cm³/mol. The van der Waals surface area contributed by atoms with Crippen molar-refractivity contribution >= 4 is 23.7 Å². The minimum atomic E-state index is -0.302. The topological polar surface area (TPSA) is 96.9 Å². The van der Waals surface area contributed by atoms with E-state index in [0.29, 0.717) is 5.82 Å². The smallest absolute Gasteiger partial charge is 0.234 e. The van der Waals surface area contributed by atoms with Crippen molar-refractivity contribution in [2.45, 2.75) is 13.8 Å². The fourth-order valence-corrected chi connectivity index (χ4v) is 1.52. The van der Waals surface area contributed by atoms with Gasteiger partial charge in [0.05, 0.1) is 0 Å². The lowest BCUT2D eigenvalue weighted by molar-refractivity contribution is -0.115. The number of nitrogens with zero attached hydrogens (tertiary/aromatic N) is 3. The number of rotatable bonds is 3. The Hall–Kier alpha value is -2.83. The highest BCUT2D eigenvalue weighted by Crippen LogP contribution is 2.17. The van der Waals surface area contributed by atoms with Crippen molar-refractivity contribution in [2.75, 3.05) is 10.6 Å². The third-order valence-electron chi connectivity index (χ3n) is 2.24. The van der Waals surface area contributed by atoms with Gasteiger partial charge in [-0.15, -0.1) is 0 Å². The summed E-state index contributed by atoms with van der Waals surface area (Å²) in [6.45, 7) is 2.70. The first-order chi connectivity index (χ1) is 9.54. The van der Waals surface area contributed by atoms with E-state index < -0.39 is 0 Å². The Balaban J connectivity index is 2.44. The Kier molecular flexibility index (Phi) is 3.99. The highest BCUT2D eigenvalue weighted by Gasteiger charge is 2.10. The molecule has 2 amide bonds. The molecule has 0 radical (unpaired) electrons. The molecule has 0 aliphatic heterocycles. The van der Waals surface area contributed by atoms with Crippen LogP contribution < -0.4 is 10.6 Å². The van der Waals surface area contributed by atoms with Gasteiger partial charge in [0.25, 0.3) is 0 Å². The van der Waals surface area contributed by atoms with Crippen molar-refractivity contribution in [1.29, 1.82) is 0 Å². The molecule has 7 nitrogen and oxygen atoms in total. The quantitative estimate of drug-likeness (QED) is 0.880. The molecule has 0 spiro atoms. The van der Waals surface area contributed by atoms with E-state index in [2.05, 4.69) is 25.6 Å². The normalized spacial score (nSPS) is 9.90. The molecular formula is C13H13N5O2. The van der Waals surface area contributed by atoms with Crippen LogP contribution in [-0.2, 0) is 9.59 Å². The SMILES string of the molecule is CC(=O)Nc1nc(NC(C)=O)nc(-c2ccccc2)n1. The van der Waals surface area contributed by atoms with Gasteiger partial charge in [-0.05, 0) is 0 Å². The van der Waals surface area contributed by atoms with E-state index in [-0.39, 0.29) is 23.7 Å². The zero-order valence-electron chi connectivity index (χ0n) is 11.0. The van der Waals surface area contributed by atoms with Gasteiger partial charge in [0.1, 0.15) is 0 Å². The average Bonchev–Trinajstić information content (AvgIpc) is 2.38. The van der Waals surface area contributed by atoms with Gasteiger partial charge in [-0.3, -0.25) is 20.2 Å². The van der Waals surface area contributed by atoms with Gasteiger partial charge in [0.15, 0.2) is 5.82 Å². The predicted octanol–water partition coefficient (Wildman–Crippen LogP) is 1.46. The van der Waals surface area contributed by atoms with E-state index in [9.17, 15) is 9.59 Å². The molecule has 2 rings (SSSR count). The molecule has 0 bridgehead atoms. The maximum Gasteiger partial charge on any atom is 0.234 e. The molecule has 2 N–H and O–H groups in total. The van der Waals surface area contributed by atoms with Gasteiger partial charge in [0.2, 0.25) is 23.7 Å². The first-order valence-corrected chi connectivity index (χ1v) is 5.91. The van der Waals surface area contributed by atoms with Crippen molar-refractivity contribution in [3.05, 3.63) is 30.3 Å². The highest BCUT2D eigenvalue weighted by molar-refractivity contribution is 5.89. The van der Waals surface area contributed by atoms with E-state index >= 15 is 0 Å². The highest BCUT2D eigenvalue weighted by atomic mass is 16.2. The van der Waals surface area contributed by atoms with Gasteiger partial charge in [0, 0.05) is 19.4 Å². The molecule has 0 unspecified atom stereocenters. The molecular weight excluding hydrogens is 258 g/mol. The molecule has 0 saturated carbocycles. The van der Waals surface area contributed by atoms with Crippen LogP contribution in [0.15, 0.2) is 30.3 Å². The Bertz CT molecular complexity index is 608. The first-order valence-electron chi connectivity index (χ1n) is 5.91. The number of nitrogens with one attached hydrogen (secondary N) is 2.